The number of Topliss-reactive ketones (excluding diaryl/α,β-unsaturated/α-hetero) is 1. The van der Waals surface area contributed by atoms with Gasteiger partial charge < -0.3 is 15.5 Å². The fraction of sp³-hybridized carbons (Fsp3) is 0.579. The smallest absolute Gasteiger partial charge is 0.252 e. The lowest BCUT2D eigenvalue weighted by atomic mass is 9.66. The van der Waals surface area contributed by atoms with Crippen molar-refractivity contribution >= 4 is 11.7 Å². The van der Waals surface area contributed by atoms with Crippen molar-refractivity contribution in [2.24, 2.45) is 17.8 Å². The quantitative estimate of drug-likeness (QED) is 0.723. The fourth-order valence-corrected chi connectivity index (χ4v) is 3.75. The van der Waals surface area contributed by atoms with E-state index in [1.54, 1.807) is 12.1 Å². The first-order valence-electron chi connectivity index (χ1n) is 8.57. The Hall–Kier alpha value is -1.88. The number of ketones is 1. The third-order valence-corrected chi connectivity index (χ3v) is 5.06. The Morgan fingerprint density at radius 2 is 1.96 bits per heavy atom. The summed E-state index contributed by atoms with van der Waals surface area (Å²) in [6.45, 7) is 5.80. The Labute approximate surface area is 143 Å². The third kappa shape index (κ3) is 3.78. The molecule has 1 aliphatic carbocycles. The fourth-order valence-electron chi connectivity index (χ4n) is 3.75. The Morgan fingerprint density at radius 1 is 1.29 bits per heavy atom. The molecule has 2 rings (SSSR count). The molecule has 0 aromatic heterocycles. The normalized spacial score (nSPS) is 27.0. The van der Waals surface area contributed by atoms with Gasteiger partial charge in [0.2, 0.25) is 0 Å². The van der Waals surface area contributed by atoms with Crippen LogP contribution in [0, 0.1) is 17.8 Å². The van der Waals surface area contributed by atoms with Gasteiger partial charge in [-0.3, -0.25) is 9.59 Å². The predicted molar refractivity (Wildman–Crippen MR) is 91.7 cm³/mol. The van der Waals surface area contributed by atoms with E-state index in [0.717, 1.165) is 12.8 Å². The highest BCUT2D eigenvalue weighted by atomic mass is 16.3. The van der Waals surface area contributed by atoms with Gasteiger partial charge in [0.25, 0.3) is 5.91 Å². The number of benzene rings is 1. The topological polar surface area (TPSA) is 86.6 Å². The Bertz CT molecular complexity index is 613. The highest BCUT2D eigenvalue weighted by Gasteiger charge is 2.48. The first-order chi connectivity index (χ1) is 11.3. The molecule has 0 spiro atoms. The molecule has 1 saturated carbocycles. The van der Waals surface area contributed by atoms with Gasteiger partial charge in [-0.2, -0.15) is 0 Å². The number of hydrogen-bond donors (Lipinski definition) is 3. The van der Waals surface area contributed by atoms with Crippen molar-refractivity contribution in [2.45, 2.75) is 45.6 Å². The molecule has 1 aromatic carbocycles. The predicted octanol–water partition coefficient (Wildman–Crippen LogP) is 2.51. The second-order valence-corrected chi connectivity index (χ2v) is 7.28. The van der Waals surface area contributed by atoms with Crippen LogP contribution in [-0.4, -0.2) is 34.0 Å². The summed E-state index contributed by atoms with van der Waals surface area (Å²) in [6.07, 6.45) is 2.21. The average molecular weight is 333 g/mol. The number of aromatic hydroxyl groups is 1. The summed E-state index contributed by atoms with van der Waals surface area (Å²) < 4.78 is 0. The molecular formula is C19H27NO4. The van der Waals surface area contributed by atoms with Gasteiger partial charge in [-0.15, -0.1) is 0 Å². The van der Waals surface area contributed by atoms with Crippen LogP contribution in [0.1, 0.15) is 50.4 Å². The van der Waals surface area contributed by atoms with E-state index in [4.69, 9.17) is 0 Å². The average Bonchev–Trinajstić information content (AvgIpc) is 2.52. The monoisotopic (exact) mass is 333 g/mol. The van der Waals surface area contributed by atoms with Gasteiger partial charge in [0.15, 0.2) is 5.78 Å². The van der Waals surface area contributed by atoms with E-state index >= 15 is 0 Å². The zero-order valence-corrected chi connectivity index (χ0v) is 14.6. The lowest BCUT2D eigenvalue weighted by Crippen LogP contribution is -2.56. The summed E-state index contributed by atoms with van der Waals surface area (Å²) >= 11 is 0. The molecule has 0 radical (unpaired) electrons. The van der Waals surface area contributed by atoms with Crippen molar-refractivity contribution in [1.82, 2.24) is 5.32 Å². The maximum Gasteiger partial charge on any atom is 0.252 e. The molecular weight excluding hydrogens is 306 g/mol. The molecule has 132 valence electrons. The number of carbonyl (C=O) groups excluding carboxylic acids is 2. The van der Waals surface area contributed by atoms with Crippen LogP contribution in [-0.2, 0) is 4.79 Å². The molecule has 0 bridgehead atoms. The Morgan fingerprint density at radius 3 is 2.58 bits per heavy atom. The van der Waals surface area contributed by atoms with Crippen molar-refractivity contribution < 1.29 is 19.8 Å². The van der Waals surface area contributed by atoms with E-state index in [0.29, 0.717) is 6.42 Å². The minimum atomic E-state index is -1.44. The molecule has 3 atom stereocenters. The summed E-state index contributed by atoms with van der Waals surface area (Å²) in [6, 6.07) is 6.22. The maximum absolute atomic E-state index is 12.6. The van der Waals surface area contributed by atoms with Crippen LogP contribution in [0.2, 0.25) is 0 Å². The molecule has 1 aliphatic rings. The summed E-state index contributed by atoms with van der Waals surface area (Å²) in [5.41, 5.74) is -1.27. The number of para-hydroxylation sites is 1. The Kier molecular flexibility index (Phi) is 5.65. The van der Waals surface area contributed by atoms with Gasteiger partial charge in [-0.1, -0.05) is 39.3 Å². The minimum Gasteiger partial charge on any atom is -0.507 e. The molecule has 0 unspecified atom stereocenters. The second-order valence-electron chi connectivity index (χ2n) is 7.28. The van der Waals surface area contributed by atoms with Crippen LogP contribution >= 0.6 is 0 Å². The molecule has 3 N–H and O–H groups in total. The SMILES string of the molecule is CC(C)[C@@H]1CC[C@@H](C)C[C@@]1(O)C(=O)NCC(=O)c1ccccc1O. The molecule has 5 nitrogen and oxygen atoms in total. The van der Waals surface area contributed by atoms with Gasteiger partial charge in [-0.25, -0.2) is 0 Å². The molecule has 0 aliphatic heterocycles. The number of phenolic OH excluding ortho intramolecular Hbond substituents is 1. The first kappa shape index (κ1) is 18.5. The molecule has 1 fully saturated rings. The van der Waals surface area contributed by atoms with Crippen molar-refractivity contribution in [3.63, 3.8) is 0 Å². The van der Waals surface area contributed by atoms with E-state index in [2.05, 4.69) is 5.32 Å². The zero-order valence-electron chi connectivity index (χ0n) is 14.6. The lowest BCUT2D eigenvalue weighted by Gasteiger charge is -2.43. The maximum atomic E-state index is 12.6. The number of hydrogen-bond acceptors (Lipinski definition) is 4. The highest BCUT2D eigenvalue weighted by molar-refractivity contribution is 6.02. The second kappa shape index (κ2) is 7.34. The van der Waals surface area contributed by atoms with E-state index in [-0.39, 0.29) is 41.4 Å². The number of rotatable bonds is 5. The third-order valence-electron chi connectivity index (χ3n) is 5.06. The minimum absolute atomic E-state index is 0.109. The van der Waals surface area contributed by atoms with Crippen LogP contribution in [0.3, 0.4) is 0 Å². The van der Waals surface area contributed by atoms with Crippen LogP contribution in [0.15, 0.2) is 24.3 Å². The lowest BCUT2D eigenvalue weighted by molar-refractivity contribution is -0.155. The van der Waals surface area contributed by atoms with E-state index < -0.39 is 11.5 Å². The number of amides is 1. The van der Waals surface area contributed by atoms with Crippen molar-refractivity contribution in [3.8, 4) is 5.75 Å². The van der Waals surface area contributed by atoms with Gasteiger partial charge in [0, 0.05) is 0 Å². The zero-order chi connectivity index (χ0) is 17.9. The van der Waals surface area contributed by atoms with Crippen LogP contribution < -0.4 is 5.32 Å². The summed E-state index contributed by atoms with van der Waals surface area (Å²) in [5.74, 6) is -0.644. The summed E-state index contributed by atoms with van der Waals surface area (Å²) in [5, 5.41) is 23.3. The van der Waals surface area contributed by atoms with Crippen LogP contribution in [0.5, 0.6) is 5.75 Å². The number of carbonyl (C=O) groups is 2. The van der Waals surface area contributed by atoms with Gasteiger partial charge in [0.1, 0.15) is 11.4 Å². The van der Waals surface area contributed by atoms with Gasteiger partial charge in [-0.05, 0) is 42.7 Å². The molecule has 1 amide bonds. The van der Waals surface area contributed by atoms with Crippen molar-refractivity contribution in [3.05, 3.63) is 29.8 Å². The number of phenols is 1. The molecule has 0 heterocycles. The summed E-state index contributed by atoms with van der Waals surface area (Å²) in [7, 11) is 0. The van der Waals surface area contributed by atoms with Gasteiger partial charge >= 0.3 is 0 Å². The number of aliphatic hydroxyl groups is 1. The molecule has 0 saturated heterocycles. The largest absolute Gasteiger partial charge is 0.507 e. The van der Waals surface area contributed by atoms with Crippen molar-refractivity contribution in [1.29, 1.82) is 0 Å². The molecule has 1 aromatic rings. The van der Waals surface area contributed by atoms with Crippen LogP contribution in [0.25, 0.3) is 0 Å². The molecule has 5 heteroatoms. The van der Waals surface area contributed by atoms with E-state index in [1.807, 2.05) is 20.8 Å². The Balaban J connectivity index is 2.07. The summed E-state index contributed by atoms with van der Waals surface area (Å²) in [4.78, 5) is 24.8. The highest BCUT2D eigenvalue weighted by Crippen LogP contribution is 2.41. The van der Waals surface area contributed by atoms with E-state index in [1.165, 1.54) is 12.1 Å². The van der Waals surface area contributed by atoms with Crippen molar-refractivity contribution in [2.75, 3.05) is 6.54 Å². The first-order valence-corrected chi connectivity index (χ1v) is 8.57. The van der Waals surface area contributed by atoms with Crippen LogP contribution in [0.4, 0.5) is 0 Å². The molecule has 24 heavy (non-hydrogen) atoms. The standard InChI is InChI=1S/C19H27NO4/c1-12(2)15-9-8-13(3)10-19(15,24)18(23)20-11-17(22)14-6-4-5-7-16(14)21/h4-7,12-13,15,21,24H,8-11H2,1-3H3,(H,20,23)/t13-,15+,19+/m1/s1. The van der Waals surface area contributed by atoms with E-state index in [9.17, 15) is 19.8 Å². The number of nitrogens with one attached hydrogen (secondary N) is 1. The van der Waals surface area contributed by atoms with Gasteiger partial charge in [0.05, 0.1) is 12.1 Å².